The molecule has 1 heterocycles. The van der Waals surface area contributed by atoms with E-state index in [0.29, 0.717) is 19.4 Å². The van der Waals surface area contributed by atoms with E-state index in [1.165, 1.54) is 18.9 Å². The van der Waals surface area contributed by atoms with Crippen molar-refractivity contribution in [3.8, 4) is 0 Å². The Labute approximate surface area is 141 Å². The minimum atomic E-state index is -1.16. The molecule has 0 aliphatic carbocycles. The van der Waals surface area contributed by atoms with Crippen LogP contribution in [-0.4, -0.2) is 60.2 Å². The molecule has 1 aliphatic heterocycles. The summed E-state index contributed by atoms with van der Waals surface area (Å²) in [6, 6.07) is -1.49. The first kappa shape index (κ1) is 19.7. The third-order valence-electron chi connectivity index (χ3n) is 3.28. The summed E-state index contributed by atoms with van der Waals surface area (Å²) in [6.45, 7) is 6.94. The van der Waals surface area contributed by atoms with Crippen molar-refractivity contribution in [2.45, 2.75) is 58.3 Å². The van der Waals surface area contributed by atoms with Gasteiger partial charge in [0.1, 0.15) is 11.6 Å². The maximum absolute atomic E-state index is 12.2. The highest BCUT2D eigenvalue weighted by molar-refractivity contribution is 5.97. The van der Waals surface area contributed by atoms with Gasteiger partial charge in [-0.15, -0.1) is 0 Å². The molecule has 0 aromatic rings. The van der Waals surface area contributed by atoms with Gasteiger partial charge >= 0.3 is 18.1 Å². The predicted octanol–water partition coefficient (Wildman–Crippen LogP) is 0.773. The topological polar surface area (TPSA) is 114 Å². The van der Waals surface area contributed by atoms with Gasteiger partial charge in [-0.25, -0.2) is 14.4 Å². The van der Waals surface area contributed by atoms with E-state index in [4.69, 9.17) is 9.47 Å². The van der Waals surface area contributed by atoms with Gasteiger partial charge in [0, 0.05) is 13.6 Å². The zero-order chi connectivity index (χ0) is 18.5. The monoisotopic (exact) mass is 343 g/mol. The number of hydrogen-bond donors (Lipinski definition) is 2. The Morgan fingerprint density at radius 2 is 1.83 bits per heavy atom. The second-order valence-electron chi connectivity index (χ2n) is 6.48. The van der Waals surface area contributed by atoms with Crippen molar-refractivity contribution >= 4 is 24.0 Å². The Kier molecular flexibility index (Phi) is 6.56. The number of esters is 1. The first-order valence-electron chi connectivity index (χ1n) is 7.78. The zero-order valence-electron chi connectivity index (χ0n) is 14.7. The van der Waals surface area contributed by atoms with Crippen molar-refractivity contribution in [3.05, 3.63) is 0 Å². The molecule has 136 valence electrons. The van der Waals surface area contributed by atoms with E-state index in [1.807, 2.05) is 5.32 Å². The van der Waals surface area contributed by atoms with Crippen molar-refractivity contribution in [2.24, 2.45) is 0 Å². The zero-order valence-corrected chi connectivity index (χ0v) is 14.7. The smallest absolute Gasteiger partial charge is 0.411 e. The van der Waals surface area contributed by atoms with E-state index in [0.717, 1.165) is 0 Å². The summed E-state index contributed by atoms with van der Waals surface area (Å²) >= 11 is 0. The Hall–Kier alpha value is -2.32. The largest absolute Gasteiger partial charge is 0.451 e. The van der Waals surface area contributed by atoms with Gasteiger partial charge in [0.15, 0.2) is 6.10 Å². The molecule has 0 aromatic carbocycles. The Balaban J connectivity index is 2.64. The number of likely N-dealkylation sites (tertiary alicyclic amines) is 1. The Morgan fingerprint density at radius 1 is 1.21 bits per heavy atom. The number of ether oxygens (including phenoxy) is 2. The van der Waals surface area contributed by atoms with Crippen LogP contribution < -0.4 is 10.6 Å². The molecule has 4 amide bonds. The maximum atomic E-state index is 12.2. The van der Waals surface area contributed by atoms with Crippen LogP contribution in [0.1, 0.15) is 40.5 Å². The van der Waals surface area contributed by atoms with Gasteiger partial charge in [-0.05, 0) is 40.5 Å². The fourth-order valence-electron chi connectivity index (χ4n) is 2.13. The molecule has 0 spiro atoms. The maximum Gasteiger partial charge on any atom is 0.411 e. The molecule has 2 atom stereocenters. The molecule has 0 bridgehead atoms. The average molecular weight is 343 g/mol. The third-order valence-corrected chi connectivity index (χ3v) is 3.28. The molecule has 0 saturated carbocycles. The number of hydrogen-bond acceptors (Lipinski definition) is 6. The minimum Gasteiger partial charge on any atom is -0.451 e. The van der Waals surface area contributed by atoms with Crippen molar-refractivity contribution in [2.75, 3.05) is 13.6 Å². The summed E-state index contributed by atoms with van der Waals surface area (Å²) < 4.78 is 10.3. The van der Waals surface area contributed by atoms with Gasteiger partial charge in [0.25, 0.3) is 5.91 Å². The number of carbonyl (C=O) groups excluding carboxylic acids is 4. The Bertz CT molecular complexity index is 514. The minimum absolute atomic E-state index is 0.382. The SMILES string of the molecule is CNC(=O)NC(=O)[C@@H](C)OC(=O)[C@@H]1CCCN1C(=O)OC(C)(C)C. The van der Waals surface area contributed by atoms with Gasteiger partial charge in [-0.1, -0.05) is 0 Å². The number of rotatable bonds is 3. The number of urea groups is 1. The summed E-state index contributed by atoms with van der Waals surface area (Å²) in [5.74, 6) is -1.44. The van der Waals surface area contributed by atoms with Crippen molar-refractivity contribution in [1.82, 2.24) is 15.5 Å². The molecule has 9 heteroatoms. The van der Waals surface area contributed by atoms with Crippen molar-refractivity contribution in [3.63, 3.8) is 0 Å². The quantitative estimate of drug-likeness (QED) is 0.732. The number of nitrogens with zero attached hydrogens (tertiary/aromatic N) is 1. The standard InChI is InChI=1S/C15H25N3O6/c1-9(11(19)17-13(21)16-5)23-12(20)10-7-6-8-18(10)14(22)24-15(2,3)4/h9-10H,6-8H2,1-5H3,(H2,16,17,19,21)/t9-,10+/m1/s1. The molecule has 2 N–H and O–H groups in total. The predicted molar refractivity (Wildman–Crippen MR) is 84.1 cm³/mol. The van der Waals surface area contributed by atoms with Crippen molar-refractivity contribution in [1.29, 1.82) is 0 Å². The fourth-order valence-corrected chi connectivity index (χ4v) is 2.13. The summed E-state index contributed by atoms with van der Waals surface area (Å²) in [5.41, 5.74) is -0.672. The molecule has 0 radical (unpaired) electrons. The lowest BCUT2D eigenvalue weighted by Gasteiger charge is -2.28. The fraction of sp³-hybridized carbons (Fsp3) is 0.733. The molecule has 9 nitrogen and oxygen atoms in total. The van der Waals surface area contributed by atoms with Crippen LogP contribution in [0.15, 0.2) is 0 Å². The lowest BCUT2D eigenvalue weighted by Crippen LogP contribution is -2.47. The number of carbonyl (C=O) groups is 4. The molecule has 24 heavy (non-hydrogen) atoms. The highest BCUT2D eigenvalue weighted by atomic mass is 16.6. The number of nitrogens with one attached hydrogen (secondary N) is 2. The molecular formula is C15H25N3O6. The van der Waals surface area contributed by atoms with E-state index >= 15 is 0 Å². The van der Waals surface area contributed by atoms with Crippen LogP contribution in [0.3, 0.4) is 0 Å². The second kappa shape index (κ2) is 7.98. The van der Waals surface area contributed by atoms with Gasteiger partial charge in [0.05, 0.1) is 0 Å². The van der Waals surface area contributed by atoms with Crippen LogP contribution in [0.4, 0.5) is 9.59 Å². The van der Waals surface area contributed by atoms with Gasteiger partial charge in [-0.3, -0.25) is 15.0 Å². The van der Waals surface area contributed by atoms with Crippen molar-refractivity contribution < 1.29 is 28.7 Å². The van der Waals surface area contributed by atoms with Crippen LogP contribution in [-0.2, 0) is 19.1 Å². The highest BCUT2D eigenvalue weighted by Crippen LogP contribution is 2.22. The molecule has 1 rings (SSSR count). The molecule has 0 aromatic heterocycles. The van der Waals surface area contributed by atoms with Gasteiger partial charge in [-0.2, -0.15) is 0 Å². The number of imide groups is 1. The lowest BCUT2D eigenvalue weighted by atomic mass is 10.2. The normalized spacial score (nSPS) is 18.5. The molecule has 0 unspecified atom stereocenters. The Morgan fingerprint density at radius 3 is 2.38 bits per heavy atom. The third kappa shape index (κ3) is 5.71. The average Bonchev–Trinajstić information content (AvgIpc) is 2.94. The first-order chi connectivity index (χ1) is 11.0. The highest BCUT2D eigenvalue weighted by Gasteiger charge is 2.38. The summed E-state index contributed by atoms with van der Waals surface area (Å²) in [5, 5.41) is 4.24. The van der Waals surface area contributed by atoms with E-state index in [1.54, 1.807) is 20.8 Å². The van der Waals surface area contributed by atoms with E-state index in [-0.39, 0.29) is 0 Å². The van der Waals surface area contributed by atoms with E-state index < -0.39 is 41.7 Å². The van der Waals surface area contributed by atoms with E-state index in [2.05, 4.69) is 5.32 Å². The van der Waals surface area contributed by atoms with Gasteiger partial charge in [0.2, 0.25) is 0 Å². The second-order valence-corrected chi connectivity index (χ2v) is 6.48. The molecule has 1 saturated heterocycles. The van der Waals surface area contributed by atoms with Crippen LogP contribution >= 0.6 is 0 Å². The summed E-state index contributed by atoms with van der Waals surface area (Å²) in [7, 11) is 1.36. The van der Waals surface area contributed by atoms with Crippen LogP contribution in [0.2, 0.25) is 0 Å². The lowest BCUT2D eigenvalue weighted by molar-refractivity contribution is -0.158. The van der Waals surface area contributed by atoms with Gasteiger partial charge < -0.3 is 14.8 Å². The summed E-state index contributed by atoms with van der Waals surface area (Å²) in [4.78, 5) is 48.5. The first-order valence-corrected chi connectivity index (χ1v) is 7.78. The molecular weight excluding hydrogens is 318 g/mol. The van der Waals surface area contributed by atoms with Crippen LogP contribution in [0.5, 0.6) is 0 Å². The van der Waals surface area contributed by atoms with Crippen LogP contribution in [0, 0.1) is 0 Å². The molecule has 1 aliphatic rings. The number of amides is 4. The van der Waals surface area contributed by atoms with Crippen LogP contribution in [0.25, 0.3) is 0 Å². The summed E-state index contributed by atoms with van der Waals surface area (Å²) in [6.07, 6.45) is -0.681. The van der Waals surface area contributed by atoms with E-state index in [9.17, 15) is 19.2 Å². The molecule has 1 fully saturated rings.